The first-order chi connectivity index (χ1) is 6.40. The molecule has 0 bridgehead atoms. The lowest BCUT2D eigenvalue weighted by Crippen LogP contribution is -2.21. The molecule has 0 aliphatic carbocycles. The van der Waals surface area contributed by atoms with E-state index in [2.05, 4.69) is 15.9 Å². The van der Waals surface area contributed by atoms with Gasteiger partial charge in [-0.1, -0.05) is 34.1 Å². The monoisotopic (exact) mass is 279 g/mol. The molecule has 0 aliphatic heterocycles. The number of halogens is 1. The molecule has 1 atom stereocenters. The smallest absolute Gasteiger partial charge is 0.211 e. The molecule has 0 amide bonds. The van der Waals surface area contributed by atoms with Gasteiger partial charge in [0.1, 0.15) is 0 Å². The number of aliphatic hydroxyl groups excluding tert-OH is 1. The molecule has 4 nitrogen and oxygen atoms in total. The first kappa shape index (κ1) is 11.6. The third-order valence-corrected chi connectivity index (χ3v) is 3.16. The summed E-state index contributed by atoms with van der Waals surface area (Å²) in [4.78, 5) is 0. The number of sulfonamides is 1. The third kappa shape index (κ3) is 3.38. The van der Waals surface area contributed by atoms with E-state index in [-0.39, 0.29) is 0 Å². The van der Waals surface area contributed by atoms with Gasteiger partial charge < -0.3 is 5.11 Å². The average Bonchev–Trinajstić information content (AvgIpc) is 2.01. The highest BCUT2D eigenvalue weighted by Gasteiger charge is 2.16. The number of aliphatic hydroxyl groups is 1. The second-order valence-corrected chi connectivity index (χ2v) is 5.38. The van der Waals surface area contributed by atoms with Gasteiger partial charge in [-0.15, -0.1) is 0 Å². The molecule has 78 valence electrons. The van der Waals surface area contributed by atoms with Gasteiger partial charge in [-0.05, 0) is 11.6 Å². The highest BCUT2D eigenvalue weighted by atomic mass is 79.9. The topological polar surface area (TPSA) is 80.4 Å². The number of hydrogen-bond donors (Lipinski definition) is 2. The molecule has 1 unspecified atom stereocenters. The van der Waals surface area contributed by atoms with Crippen LogP contribution in [-0.2, 0) is 10.0 Å². The van der Waals surface area contributed by atoms with Gasteiger partial charge in [0.2, 0.25) is 10.0 Å². The minimum atomic E-state index is -3.66. The highest BCUT2D eigenvalue weighted by molar-refractivity contribution is 9.10. The van der Waals surface area contributed by atoms with E-state index < -0.39 is 21.9 Å². The van der Waals surface area contributed by atoms with Gasteiger partial charge in [-0.25, -0.2) is 13.6 Å². The van der Waals surface area contributed by atoms with Crippen molar-refractivity contribution < 1.29 is 13.5 Å². The molecule has 1 aromatic carbocycles. The zero-order valence-electron chi connectivity index (χ0n) is 7.22. The molecular formula is C8H10BrNO3S. The molecule has 1 aromatic rings. The summed E-state index contributed by atoms with van der Waals surface area (Å²) in [6.45, 7) is 0. The van der Waals surface area contributed by atoms with E-state index in [1.807, 2.05) is 0 Å². The fourth-order valence-corrected chi connectivity index (χ4v) is 2.22. The summed E-state index contributed by atoms with van der Waals surface area (Å²) >= 11 is 3.21. The Kier molecular flexibility index (Phi) is 3.65. The van der Waals surface area contributed by atoms with Gasteiger partial charge in [0.25, 0.3) is 0 Å². The molecule has 14 heavy (non-hydrogen) atoms. The fraction of sp³-hybridized carbons (Fsp3) is 0.250. The largest absolute Gasteiger partial charge is 0.387 e. The molecule has 0 aromatic heterocycles. The highest BCUT2D eigenvalue weighted by Crippen LogP contribution is 2.23. The van der Waals surface area contributed by atoms with Crippen LogP contribution in [0.2, 0.25) is 0 Å². The average molecular weight is 280 g/mol. The third-order valence-electron chi connectivity index (χ3n) is 1.65. The van der Waals surface area contributed by atoms with Crippen LogP contribution in [0.25, 0.3) is 0 Å². The number of benzene rings is 1. The van der Waals surface area contributed by atoms with Crippen LogP contribution in [-0.4, -0.2) is 19.3 Å². The van der Waals surface area contributed by atoms with Crippen LogP contribution in [0.4, 0.5) is 0 Å². The fourth-order valence-electron chi connectivity index (χ4n) is 1.06. The normalized spacial score (nSPS) is 13.9. The molecule has 0 saturated carbocycles. The molecule has 0 radical (unpaired) electrons. The zero-order chi connectivity index (χ0) is 10.8. The number of hydrogen-bond acceptors (Lipinski definition) is 3. The lowest BCUT2D eigenvalue weighted by atomic mass is 10.1. The molecule has 0 heterocycles. The van der Waals surface area contributed by atoms with Crippen LogP contribution in [0.3, 0.4) is 0 Å². The summed E-state index contributed by atoms with van der Waals surface area (Å²) in [6, 6.07) is 6.85. The van der Waals surface area contributed by atoms with E-state index in [0.717, 1.165) is 0 Å². The summed E-state index contributed by atoms with van der Waals surface area (Å²) in [5.41, 5.74) is 0.515. The summed E-state index contributed by atoms with van der Waals surface area (Å²) in [6.07, 6.45) is -1.10. The Hall–Kier alpha value is -0.430. The summed E-state index contributed by atoms with van der Waals surface area (Å²) in [5, 5.41) is 14.4. The van der Waals surface area contributed by atoms with Gasteiger partial charge in [-0.3, -0.25) is 0 Å². The van der Waals surface area contributed by atoms with Crippen LogP contribution in [0, 0.1) is 0 Å². The predicted octanol–water partition coefficient (Wildman–Crippen LogP) is 0.771. The Morgan fingerprint density at radius 3 is 2.50 bits per heavy atom. The Balaban J connectivity index is 2.90. The Labute approximate surface area is 90.9 Å². The maximum absolute atomic E-state index is 10.7. The van der Waals surface area contributed by atoms with E-state index in [9.17, 15) is 13.5 Å². The number of primary sulfonamides is 1. The van der Waals surface area contributed by atoms with Crippen molar-refractivity contribution in [2.24, 2.45) is 5.14 Å². The summed E-state index contributed by atoms with van der Waals surface area (Å²) in [7, 11) is -3.66. The van der Waals surface area contributed by atoms with Crippen molar-refractivity contribution in [2.45, 2.75) is 6.10 Å². The quantitative estimate of drug-likeness (QED) is 0.858. The summed E-state index contributed by atoms with van der Waals surface area (Å²) < 4.78 is 22.1. The summed E-state index contributed by atoms with van der Waals surface area (Å²) in [5.74, 6) is -0.477. The number of nitrogens with two attached hydrogens (primary N) is 1. The maximum Gasteiger partial charge on any atom is 0.211 e. The van der Waals surface area contributed by atoms with Crippen LogP contribution in [0.1, 0.15) is 11.7 Å². The van der Waals surface area contributed by atoms with Crippen molar-refractivity contribution in [3.63, 3.8) is 0 Å². The molecule has 6 heteroatoms. The molecule has 0 fully saturated rings. The predicted molar refractivity (Wildman–Crippen MR) is 57.1 cm³/mol. The van der Waals surface area contributed by atoms with Crippen molar-refractivity contribution in [1.82, 2.24) is 0 Å². The Bertz CT molecular complexity index is 418. The van der Waals surface area contributed by atoms with E-state index in [1.165, 1.54) is 0 Å². The SMILES string of the molecule is NS(=O)(=O)CC(O)c1ccccc1Br. The van der Waals surface area contributed by atoms with Crippen LogP contribution < -0.4 is 5.14 Å². The molecular weight excluding hydrogens is 270 g/mol. The maximum atomic E-state index is 10.7. The minimum Gasteiger partial charge on any atom is -0.387 e. The molecule has 0 saturated heterocycles. The zero-order valence-corrected chi connectivity index (χ0v) is 9.62. The van der Waals surface area contributed by atoms with Crippen molar-refractivity contribution in [2.75, 3.05) is 5.75 Å². The van der Waals surface area contributed by atoms with Gasteiger partial charge >= 0.3 is 0 Å². The van der Waals surface area contributed by atoms with Crippen LogP contribution in [0.15, 0.2) is 28.7 Å². The van der Waals surface area contributed by atoms with Crippen molar-refractivity contribution in [1.29, 1.82) is 0 Å². The lowest BCUT2D eigenvalue weighted by molar-refractivity contribution is 0.201. The van der Waals surface area contributed by atoms with Gasteiger partial charge in [0, 0.05) is 4.47 Å². The molecule has 1 rings (SSSR count). The molecule has 3 N–H and O–H groups in total. The Morgan fingerprint density at radius 2 is 2.00 bits per heavy atom. The second kappa shape index (κ2) is 4.39. The van der Waals surface area contributed by atoms with Crippen molar-refractivity contribution in [3.8, 4) is 0 Å². The van der Waals surface area contributed by atoms with E-state index >= 15 is 0 Å². The van der Waals surface area contributed by atoms with Crippen molar-refractivity contribution in [3.05, 3.63) is 34.3 Å². The van der Waals surface area contributed by atoms with E-state index in [0.29, 0.717) is 10.0 Å². The standard InChI is InChI=1S/C8H10BrNO3S/c9-7-4-2-1-3-6(7)8(11)5-14(10,12)13/h1-4,8,11H,5H2,(H2,10,12,13). The minimum absolute atomic E-state index is 0.477. The Morgan fingerprint density at radius 1 is 1.43 bits per heavy atom. The second-order valence-electron chi connectivity index (χ2n) is 2.87. The van der Waals surface area contributed by atoms with Crippen molar-refractivity contribution >= 4 is 26.0 Å². The van der Waals surface area contributed by atoms with Gasteiger partial charge in [0.05, 0.1) is 11.9 Å². The first-order valence-corrected chi connectivity index (χ1v) is 6.34. The van der Waals surface area contributed by atoms with E-state index in [4.69, 9.17) is 5.14 Å². The van der Waals surface area contributed by atoms with Gasteiger partial charge in [0.15, 0.2) is 0 Å². The number of rotatable bonds is 3. The van der Waals surface area contributed by atoms with E-state index in [1.54, 1.807) is 24.3 Å². The van der Waals surface area contributed by atoms with Crippen LogP contribution >= 0.6 is 15.9 Å². The molecule has 0 aliphatic rings. The lowest BCUT2D eigenvalue weighted by Gasteiger charge is -2.10. The van der Waals surface area contributed by atoms with Gasteiger partial charge in [-0.2, -0.15) is 0 Å². The van der Waals surface area contributed by atoms with Crippen LogP contribution in [0.5, 0.6) is 0 Å². The first-order valence-electron chi connectivity index (χ1n) is 3.83. The molecule has 0 spiro atoms.